The maximum Gasteiger partial charge on any atom is 0.243 e. The molecular weight excluding hydrogens is 450 g/mol. The first kappa shape index (κ1) is 24.9. The van der Waals surface area contributed by atoms with E-state index in [0.717, 1.165) is 17.0 Å². The van der Waals surface area contributed by atoms with Gasteiger partial charge in [-0.25, -0.2) is 8.42 Å². The van der Waals surface area contributed by atoms with Gasteiger partial charge in [0.1, 0.15) is 5.75 Å². The molecule has 7 nitrogen and oxygen atoms in total. The van der Waals surface area contributed by atoms with E-state index < -0.39 is 10.0 Å². The number of nitrogens with zero attached hydrogens (tertiary/aromatic N) is 3. The van der Waals surface area contributed by atoms with Crippen LogP contribution >= 0.6 is 0 Å². The molecule has 8 heteroatoms. The van der Waals surface area contributed by atoms with Gasteiger partial charge in [-0.2, -0.15) is 4.31 Å². The second-order valence-electron chi connectivity index (χ2n) is 9.83. The molecule has 34 heavy (non-hydrogen) atoms. The second kappa shape index (κ2) is 10.2. The highest BCUT2D eigenvalue weighted by atomic mass is 32.2. The van der Waals surface area contributed by atoms with Gasteiger partial charge in [-0.3, -0.25) is 9.69 Å². The lowest BCUT2D eigenvalue weighted by molar-refractivity contribution is 0.0901. The van der Waals surface area contributed by atoms with E-state index in [1.54, 1.807) is 24.3 Å². The summed E-state index contributed by atoms with van der Waals surface area (Å²) in [4.78, 5) is 15.5. The molecule has 4 rings (SSSR count). The Labute approximate surface area is 203 Å². The Morgan fingerprint density at radius 1 is 1.03 bits per heavy atom. The molecular formula is C26H37N3O4S. The average molecular weight is 488 g/mol. The maximum absolute atomic E-state index is 13.1. The van der Waals surface area contributed by atoms with E-state index in [4.69, 9.17) is 4.74 Å². The Morgan fingerprint density at radius 3 is 2.24 bits per heavy atom. The molecule has 1 saturated heterocycles. The number of carbonyl (C=O) groups excluding carboxylic acids is 1. The Kier molecular flexibility index (Phi) is 7.50. The molecule has 0 atom stereocenters. The highest BCUT2D eigenvalue weighted by molar-refractivity contribution is 7.89. The van der Waals surface area contributed by atoms with Crippen LogP contribution in [0.3, 0.4) is 0 Å². The van der Waals surface area contributed by atoms with E-state index in [2.05, 4.69) is 23.3 Å². The zero-order valence-electron chi connectivity index (χ0n) is 20.8. The Morgan fingerprint density at radius 2 is 1.65 bits per heavy atom. The van der Waals surface area contributed by atoms with Gasteiger partial charge in [0.2, 0.25) is 10.0 Å². The molecule has 1 aromatic heterocycles. The van der Waals surface area contributed by atoms with Gasteiger partial charge >= 0.3 is 0 Å². The first-order valence-electron chi connectivity index (χ1n) is 12.4. The lowest BCUT2D eigenvalue weighted by Crippen LogP contribution is -2.49. The van der Waals surface area contributed by atoms with Crippen LogP contribution in [0.1, 0.15) is 67.3 Å². The molecule has 186 valence electrons. The van der Waals surface area contributed by atoms with Crippen LogP contribution in [-0.2, 0) is 10.0 Å². The van der Waals surface area contributed by atoms with Gasteiger partial charge in [0, 0.05) is 49.2 Å². The van der Waals surface area contributed by atoms with E-state index >= 15 is 0 Å². The normalized spacial score (nSPS) is 18.6. The first-order valence-corrected chi connectivity index (χ1v) is 13.8. The lowest BCUT2D eigenvalue weighted by atomic mass is 10.1. The number of aromatic nitrogens is 1. The zero-order chi connectivity index (χ0) is 24.5. The predicted octanol–water partition coefficient (Wildman–Crippen LogP) is 4.20. The first-order chi connectivity index (χ1) is 16.2. The van der Waals surface area contributed by atoms with E-state index in [1.165, 1.54) is 30.0 Å². The molecule has 1 saturated carbocycles. The van der Waals surface area contributed by atoms with Crippen molar-refractivity contribution in [1.82, 2.24) is 13.8 Å². The molecule has 2 aliphatic rings. The van der Waals surface area contributed by atoms with Crippen molar-refractivity contribution >= 4 is 15.8 Å². The largest absolute Gasteiger partial charge is 0.491 e. The zero-order valence-corrected chi connectivity index (χ0v) is 21.6. The van der Waals surface area contributed by atoms with Crippen molar-refractivity contribution in [2.24, 2.45) is 0 Å². The number of rotatable bonds is 8. The average Bonchev–Trinajstić information content (AvgIpc) is 3.41. The number of piperazine rings is 1. The van der Waals surface area contributed by atoms with Crippen molar-refractivity contribution in [1.29, 1.82) is 0 Å². The van der Waals surface area contributed by atoms with Gasteiger partial charge in [-0.05, 0) is 70.9 Å². The van der Waals surface area contributed by atoms with Crippen LogP contribution in [0.2, 0.25) is 0 Å². The molecule has 1 aliphatic carbocycles. The molecule has 0 spiro atoms. The minimum atomic E-state index is -3.57. The van der Waals surface area contributed by atoms with E-state index in [1.807, 2.05) is 19.9 Å². The van der Waals surface area contributed by atoms with Gasteiger partial charge < -0.3 is 9.30 Å². The number of sulfonamides is 1. The number of carbonyl (C=O) groups is 1. The smallest absolute Gasteiger partial charge is 0.243 e. The molecule has 0 radical (unpaired) electrons. The molecule has 1 aromatic carbocycles. The highest BCUT2D eigenvalue weighted by Gasteiger charge is 2.30. The number of Topliss-reactive ketones (excluding diaryl/α,β-unsaturated/α-hetero) is 1. The third-order valence-electron chi connectivity index (χ3n) is 7.01. The lowest BCUT2D eigenvalue weighted by Gasteiger charge is -2.33. The third kappa shape index (κ3) is 5.24. The summed E-state index contributed by atoms with van der Waals surface area (Å²) in [5, 5.41) is 0. The van der Waals surface area contributed by atoms with Gasteiger partial charge in [0.05, 0.1) is 17.5 Å². The minimum Gasteiger partial charge on any atom is -0.491 e. The summed E-state index contributed by atoms with van der Waals surface area (Å²) < 4.78 is 35.6. The maximum atomic E-state index is 13.1. The van der Waals surface area contributed by atoms with Crippen LogP contribution in [0.15, 0.2) is 35.2 Å². The summed E-state index contributed by atoms with van der Waals surface area (Å²) in [6, 6.07) is 9.14. The van der Waals surface area contributed by atoms with Gasteiger partial charge in [-0.15, -0.1) is 0 Å². The van der Waals surface area contributed by atoms with E-state index in [9.17, 15) is 13.2 Å². The number of hydrogen-bond acceptors (Lipinski definition) is 5. The molecule has 2 heterocycles. The summed E-state index contributed by atoms with van der Waals surface area (Å²) in [5.41, 5.74) is 3.04. The van der Waals surface area contributed by atoms with Crippen molar-refractivity contribution in [3.63, 3.8) is 0 Å². The van der Waals surface area contributed by atoms with Crippen molar-refractivity contribution < 1.29 is 17.9 Å². The van der Waals surface area contributed by atoms with Crippen LogP contribution in [0.5, 0.6) is 5.75 Å². The second-order valence-corrected chi connectivity index (χ2v) is 11.8. The fourth-order valence-corrected chi connectivity index (χ4v) is 6.73. The summed E-state index contributed by atoms with van der Waals surface area (Å²) >= 11 is 0. The van der Waals surface area contributed by atoms with Crippen LogP contribution < -0.4 is 4.74 Å². The minimum absolute atomic E-state index is 0.0345. The van der Waals surface area contributed by atoms with Crippen molar-refractivity contribution in [3.05, 3.63) is 47.3 Å². The highest BCUT2D eigenvalue weighted by Crippen LogP contribution is 2.33. The van der Waals surface area contributed by atoms with Gasteiger partial charge in [0.25, 0.3) is 0 Å². The number of aryl methyl sites for hydroxylation is 1. The summed E-state index contributed by atoms with van der Waals surface area (Å²) in [6.07, 6.45) is 4.93. The standard InChI is InChI=1S/C26H37N3O4S/c1-19(2)33-23-9-11-24(12-10-23)34(31,32)28-15-13-27(14-16-28)18-26(30)25-17-20(3)29(21(25)4)22-7-5-6-8-22/h9-12,17,19,22H,5-8,13-16,18H2,1-4H3. The topological polar surface area (TPSA) is 71.8 Å². The SMILES string of the molecule is Cc1cc(C(=O)CN2CCN(S(=O)(=O)c3ccc(OC(C)C)cc3)CC2)c(C)n1C1CCCC1. The van der Waals surface area contributed by atoms with Crippen LogP contribution in [0.25, 0.3) is 0 Å². The number of hydrogen-bond donors (Lipinski definition) is 0. The monoisotopic (exact) mass is 487 g/mol. The Bertz CT molecular complexity index is 1110. The van der Waals surface area contributed by atoms with Gasteiger partial charge in [-0.1, -0.05) is 12.8 Å². The molecule has 0 bridgehead atoms. The molecule has 2 aromatic rings. The molecule has 0 unspecified atom stereocenters. The van der Waals surface area contributed by atoms with E-state index in [0.29, 0.717) is 44.5 Å². The van der Waals surface area contributed by atoms with Crippen LogP contribution in [-0.4, -0.2) is 66.8 Å². The van der Waals surface area contributed by atoms with Crippen molar-refractivity contribution in [3.8, 4) is 5.75 Å². The predicted molar refractivity (Wildman–Crippen MR) is 133 cm³/mol. The fourth-order valence-electron chi connectivity index (χ4n) is 5.31. The van der Waals surface area contributed by atoms with Crippen LogP contribution in [0.4, 0.5) is 0 Å². The Balaban J connectivity index is 1.36. The molecule has 0 N–H and O–H groups in total. The number of benzene rings is 1. The fraction of sp³-hybridized carbons (Fsp3) is 0.577. The third-order valence-corrected chi connectivity index (χ3v) is 8.92. The Hall–Kier alpha value is -2.16. The number of ketones is 1. The van der Waals surface area contributed by atoms with Crippen molar-refractivity contribution in [2.45, 2.75) is 70.4 Å². The van der Waals surface area contributed by atoms with E-state index in [-0.39, 0.29) is 16.8 Å². The van der Waals surface area contributed by atoms with Crippen LogP contribution in [0, 0.1) is 13.8 Å². The summed E-state index contributed by atoms with van der Waals surface area (Å²) in [7, 11) is -3.57. The summed E-state index contributed by atoms with van der Waals surface area (Å²) in [6.45, 7) is 10.2. The van der Waals surface area contributed by atoms with Crippen molar-refractivity contribution in [2.75, 3.05) is 32.7 Å². The molecule has 2 fully saturated rings. The number of ether oxygens (including phenoxy) is 1. The summed E-state index contributed by atoms with van der Waals surface area (Å²) in [5.74, 6) is 0.777. The quantitative estimate of drug-likeness (QED) is 0.522. The van der Waals surface area contributed by atoms with Gasteiger partial charge in [0.15, 0.2) is 5.78 Å². The molecule has 0 amide bonds. The molecule has 1 aliphatic heterocycles.